The van der Waals surface area contributed by atoms with Crippen molar-refractivity contribution >= 4 is 28.8 Å². The van der Waals surface area contributed by atoms with Crippen molar-refractivity contribution in [2.75, 3.05) is 6.54 Å². The number of halogens is 1. The fourth-order valence-electron chi connectivity index (χ4n) is 3.55. The van der Waals surface area contributed by atoms with Gasteiger partial charge < -0.3 is 9.15 Å². The highest BCUT2D eigenvalue weighted by molar-refractivity contribution is 7.89. The zero-order valence-corrected chi connectivity index (χ0v) is 20.5. The molecule has 0 unspecified atom stereocenters. The second-order valence-electron chi connectivity index (χ2n) is 7.43. The number of amides is 1. The number of ether oxygens (including phenoxy) is 1. The number of furan rings is 1. The van der Waals surface area contributed by atoms with Crippen LogP contribution in [0.25, 0.3) is 11.1 Å². The number of hydrogen-bond donors (Lipinski definition) is 2. The molecular formula is C24H23ClN4O6S. The van der Waals surface area contributed by atoms with Crippen molar-refractivity contribution in [3.05, 3.63) is 90.9 Å². The minimum absolute atomic E-state index is 0. The summed E-state index contributed by atoms with van der Waals surface area (Å²) in [6.45, 7) is 0.688. The molecule has 5 rings (SSSR count). The SMILES string of the molecule is Cl.O=CNO.O=S(=O)(c1ccc(Oc2ccc(-c3cncnc3)cc2)cc1)N1CCc2ccoc2C1. The van der Waals surface area contributed by atoms with Crippen molar-refractivity contribution in [3.8, 4) is 22.6 Å². The van der Waals surface area contributed by atoms with E-state index in [0.29, 0.717) is 30.2 Å². The Morgan fingerprint density at radius 3 is 2.19 bits per heavy atom. The Kier molecular flexibility index (Phi) is 9.14. The van der Waals surface area contributed by atoms with Gasteiger partial charge in [-0.05, 0) is 60.0 Å². The van der Waals surface area contributed by atoms with Crippen molar-refractivity contribution < 1.29 is 27.6 Å². The minimum Gasteiger partial charge on any atom is -0.468 e. The Labute approximate surface area is 214 Å². The van der Waals surface area contributed by atoms with Gasteiger partial charge in [0.15, 0.2) is 0 Å². The molecule has 1 amide bonds. The summed E-state index contributed by atoms with van der Waals surface area (Å²) in [5.41, 5.74) is 4.22. The molecule has 1 aliphatic rings. The molecule has 3 heterocycles. The lowest BCUT2D eigenvalue weighted by Crippen LogP contribution is -2.35. The standard InChI is InChI=1S/C23H19N3O4S.CH3NO2.ClH/c27-31(28,26-11-9-18-10-12-29-23(18)15-26)22-7-5-21(6-8-22)30-20-3-1-17(2-4-20)19-13-24-16-25-14-19;3-1-2-4;/h1-8,10,12-14,16H,9,11,15H2;1,4H,(H,2,3);1H. The Morgan fingerprint density at radius 1 is 0.972 bits per heavy atom. The average Bonchev–Trinajstić information content (AvgIpc) is 3.38. The average molecular weight is 531 g/mol. The summed E-state index contributed by atoms with van der Waals surface area (Å²) in [5.74, 6) is 1.92. The number of rotatable bonds is 6. The topological polar surface area (TPSA) is 135 Å². The van der Waals surface area contributed by atoms with Crippen LogP contribution < -0.4 is 10.2 Å². The van der Waals surface area contributed by atoms with E-state index in [2.05, 4.69) is 9.97 Å². The predicted molar refractivity (Wildman–Crippen MR) is 132 cm³/mol. The zero-order valence-electron chi connectivity index (χ0n) is 18.9. The van der Waals surface area contributed by atoms with Crippen LogP contribution >= 0.6 is 12.4 Å². The summed E-state index contributed by atoms with van der Waals surface area (Å²) in [6.07, 6.45) is 7.42. The lowest BCUT2D eigenvalue weighted by Gasteiger charge is -2.25. The number of carbonyl (C=O) groups excluding carboxylic acids is 1. The summed E-state index contributed by atoms with van der Waals surface area (Å²) in [5, 5.41) is 7.26. The summed E-state index contributed by atoms with van der Waals surface area (Å²) >= 11 is 0. The number of hydroxylamine groups is 1. The lowest BCUT2D eigenvalue weighted by molar-refractivity contribution is -0.116. The van der Waals surface area contributed by atoms with Crippen molar-refractivity contribution in [2.45, 2.75) is 17.9 Å². The monoisotopic (exact) mass is 530 g/mol. The number of hydrogen-bond acceptors (Lipinski definition) is 8. The van der Waals surface area contributed by atoms with E-state index in [4.69, 9.17) is 19.2 Å². The normalized spacial score (nSPS) is 12.8. The van der Waals surface area contributed by atoms with E-state index in [-0.39, 0.29) is 30.3 Å². The zero-order chi connectivity index (χ0) is 24.7. The maximum Gasteiger partial charge on any atom is 0.243 e. The molecule has 0 saturated heterocycles. The molecule has 1 aliphatic heterocycles. The Morgan fingerprint density at radius 2 is 1.58 bits per heavy atom. The van der Waals surface area contributed by atoms with Gasteiger partial charge in [0.2, 0.25) is 16.4 Å². The van der Waals surface area contributed by atoms with Crippen molar-refractivity contribution in [1.82, 2.24) is 19.8 Å². The first kappa shape index (κ1) is 26.8. The number of carbonyl (C=O) groups is 1. The van der Waals surface area contributed by atoms with Gasteiger partial charge in [-0.2, -0.15) is 4.31 Å². The minimum atomic E-state index is -3.60. The Balaban J connectivity index is 0.000000674. The van der Waals surface area contributed by atoms with Gasteiger partial charge in [0.05, 0.1) is 17.7 Å². The first-order chi connectivity index (χ1) is 17.0. The fourth-order valence-corrected chi connectivity index (χ4v) is 4.94. The van der Waals surface area contributed by atoms with Crippen LogP contribution in [0, 0.1) is 0 Å². The third kappa shape index (κ3) is 6.26. The van der Waals surface area contributed by atoms with Crippen LogP contribution in [0.2, 0.25) is 0 Å². The van der Waals surface area contributed by atoms with Crippen molar-refractivity contribution in [2.24, 2.45) is 0 Å². The second-order valence-corrected chi connectivity index (χ2v) is 9.37. The van der Waals surface area contributed by atoms with E-state index in [1.165, 1.54) is 16.1 Å². The third-order valence-corrected chi connectivity index (χ3v) is 7.15. The molecule has 0 aliphatic carbocycles. The highest BCUT2D eigenvalue weighted by Crippen LogP contribution is 2.29. The van der Waals surface area contributed by atoms with Gasteiger partial charge in [-0.3, -0.25) is 10.0 Å². The summed E-state index contributed by atoms with van der Waals surface area (Å²) in [7, 11) is -3.60. The van der Waals surface area contributed by atoms with Crippen LogP contribution in [0.3, 0.4) is 0 Å². The molecule has 0 spiro atoms. The molecule has 0 fully saturated rings. The smallest absolute Gasteiger partial charge is 0.243 e. The summed E-state index contributed by atoms with van der Waals surface area (Å²) < 4.78 is 38.7. The van der Waals surface area contributed by atoms with Crippen LogP contribution in [-0.4, -0.2) is 40.9 Å². The molecule has 2 N–H and O–H groups in total. The number of aromatic nitrogens is 2. The maximum atomic E-state index is 13.0. The number of sulfonamides is 1. The van der Waals surface area contributed by atoms with E-state index < -0.39 is 10.0 Å². The van der Waals surface area contributed by atoms with Gasteiger partial charge in [-0.25, -0.2) is 23.9 Å². The highest BCUT2D eigenvalue weighted by Gasteiger charge is 2.29. The van der Waals surface area contributed by atoms with Gasteiger partial charge >= 0.3 is 0 Å². The molecule has 0 saturated carbocycles. The van der Waals surface area contributed by atoms with Crippen LogP contribution in [0.15, 0.2) is 88.9 Å². The molecule has 2 aromatic carbocycles. The molecule has 0 atom stereocenters. The molecule has 188 valence electrons. The maximum absolute atomic E-state index is 13.0. The van der Waals surface area contributed by atoms with E-state index in [0.717, 1.165) is 16.7 Å². The van der Waals surface area contributed by atoms with E-state index in [1.54, 1.807) is 42.9 Å². The van der Waals surface area contributed by atoms with Gasteiger partial charge in [-0.15, -0.1) is 12.4 Å². The van der Waals surface area contributed by atoms with E-state index in [1.807, 2.05) is 30.3 Å². The van der Waals surface area contributed by atoms with Crippen LogP contribution in [0.5, 0.6) is 11.5 Å². The second kappa shape index (κ2) is 12.3. The largest absolute Gasteiger partial charge is 0.468 e. The Bertz CT molecular complexity index is 1360. The number of nitrogens with zero attached hydrogens (tertiary/aromatic N) is 3. The lowest BCUT2D eigenvalue weighted by atomic mass is 10.1. The first-order valence-electron chi connectivity index (χ1n) is 10.5. The highest BCUT2D eigenvalue weighted by atomic mass is 35.5. The van der Waals surface area contributed by atoms with Crippen molar-refractivity contribution in [1.29, 1.82) is 0 Å². The number of nitrogens with one attached hydrogen (secondary N) is 1. The number of benzene rings is 2. The van der Waals surface area contributed by atoms with E-state index in [9.17, 15) is 8.42 Å². The molecule has 4 aromatic rings. The van der Waals surface area contributed by atoms with E-state index >= 15 is 0 Å². The van der Waals surface area contributed by atoms with Gasteiger partial charge in [0, 0.05) is 24.5 Å². The van der Waals surface area contributed by atoms with Gasteiger partial charge in [-0.1, -0.05) is 12.1 Å². The molecular weight excluding hydrogens is 508 g/mol. The molecule has 36 heavy (non-hydrogen) atoms. The van der Waals surface area contributed by atoms with Crippen LogP contribution in [0.1, 0.15) is 11.3 Å². The van der Waals surface area contributed by atoms with Gasteiger partial charge in [0.25, 0.3) is 0 Å². The molecule has 2 aromatic heterocycles. The first-order valence-corrected chi connectivity index (χ1v) is 12.0. The molecule has 0 bridgehead atoms. The number of fused-ring (bicyclic) bond motifs is 1. The third-order valence-electron chi connectivity index (χ3n) is 5.29. The molecule has 0 radical (unpaired) electrons. The fraction of sp³-hybridized carbons (Fsp3) is 0.125. The van der Waals surface area contributed by atoms with Crippen molar-refractivity contribution in [3.63, 3.8) is 0 Å². The summed E-state index contributed by atoms with van der Waals surface area (Å²) in [6, 6.07) is 15.9. The van der Waals surface area contributed by atoms with Gasteiger partial charge in [0.1, 0.15) is 23.6 Å². The quantitative estimate of drug-likeness (QED) is 0.218. The van der Waals surface area contributed by atoms with Crippen LogP contribution in [0.4, 0.5) is 0 Å². The van der Waals surface area contributed by atoms with Crippen LogP contribution in [-0.2, 0) is 27.8 Å². The molecule has 12 heteroatoms. The summed E-state index contributed by atoms with van der Waals surface area (Å²) in [4.78, 5) is 17.1. The Hall–Kier alpha value is -3.77. The molecule has 10 nitrogen and oxygen atoms in total. The predicted octanol–water partition coefficient (Wildman–Crippen LogP) is 3.82.